The van der Waals surface area contributed by atoms with Gasteiger partial charge in [-0.05, 0) is 18.2 Å². The van der Waals surface area contributed by atoms with Crippen LogP contribution in [0, 0.1) is 0 Å². The summed E-state index contributed by atoms with van der Waals surface area (Å²) >= 11 is 4.88. The molecule has 3 N–H and O–H groups in total. The lowest BCUT2D eigenvalue weighted by molar-refractivity contribution is -0.120. The fraction of sp³-hybridized carbons (Fsp3) is 0.211. The van der Waals surface area contributed by atoms with E-state index in [2.05, 4.69) is 31.4 Å². The zero-order valence-corrected chi connectivity index (χ0v) is 17.7. The van der Waals surface area contributed by atoms with Gasteiger partial charge in [-0.1, -0.05) is 58.0 Å². The number of para-hydroxylation sites is 1. The minimum Gasteiger partial charge on any atom is -0.496 e. The lowest BCUT2D eigenvalue weighted by atomic mass is 10.2. The summed E-state index contributed by atoms with van der Waals surface area (Å²) in [5, 5.41) is 11.7. The average Bonchev–Trinajstić information content (AvgIpc) is 3.07. The average molecular weight is 462 g/mol. The molecule has 9 heteroatoms. The van der Waals surface area contributed by atoms with E-state index in [9.17, 15) is 4.79 Å². The van der Waals surface area contributed by atoms with Gasteiger partial charge < -0.3 is 15.9 Å². The number of amides is 1. The first-order valence-electron chi connectivity index (χ1n) is 8.57. The lowest BCUT2D eigenvalue weighted by Gasteiger charge is -2.09. The van der Waals surface area contributed by atoms with E-state index in [4.69, 9.17) is 10.6 Å². The van der Waals surface area contributed by atoms with Crippen LogP contribution in [-0.2, 0) is 11.3 Å². The van der Waals surface area contributed by atoms with Crippen LogP contribution in [0.2, 0.25) is 0 Å². The molecule has 0 fully saturated rings. The Balaban J connectivity index is 1.51. The van der Waals surface area contributed by atoms with Gasteiger partial charge >= 0.3 is 0 Å². The van der Waals surface area contributed by atoms with Gasteiger partial charge in [-0.15, -0.1) is 10.2 Å². The minimum absolute atomic E-state index is 0.0486. The number of nitrogens with one attached hydrogen (secondary N) is 1. The molecule has 0 spiro atoms. The SMILES string of the molecule is COc1ccccc1CNC(=O)CCSc1nnc(-c2ccccc2Br)n1N. The van der Waals surface area contributed by atoms with Crippen LogP contribution >= 0.6 is 27.7 Å². The number of hydrogen-bond donors (Lipinski definition) is 2. The second kappa shape index (κ2) is 9.61. The molecule has 2 aromatic carbocycles. The van der Waals surface area contributed by atoms with Gasteiger partial charge in [0.15, 0.2) is 5.82 Å². The van der Waals surface area contributed by atoms with Crippen molar-refractivity contribution in [3.05, 3.63) is 58.6 Å². The van der Waals surface area contributed by atoms with Crippen LogP contribution in [0.4, 0.5) is 0 Å². The molecule has 0 aliphatic heterocycles. The highest BCUT2D eigenvalue weighted by atomic mass is 79.9. The molecule has 1 amide bonds. The second-order valence-electron chi connectivity index (χ2n) is 5.84. The monoisotopic (exact) mass is 461 g/mol. The summed E-state index contributed by atoms with van der Waals surface area (Å²) in [7, 11) is 1.61. The van der Waals surface area contributed by atoms with Crippen molar-refractivity contribution in [1.82, 2.24) is 20.2 Å². The van der Waals surface area contributed by atoms with E-state index < -0.39 is 0 Å². The number of carbonyl (C=O) groups excluding carboxylic acids is 1. The minimum atomic E-state index is -0.0486. The van der Waals surface area contributed by atoms with E-state index in [0.717, 1.165) is 21.3 Å². The van der Waals surface area contributed by atoms with Gasteiger partial charge in [-0.25, -0.2) is 4.68 Å². The molecule has 0 saturated heterocycles. The van der Waals surface area contributed by atoms with Crippen molar-refractivity contribution in [2.45, 2.75) is 18.1 Å². The van der Waals surface area contributed by atoms with Gasteiger partial charge in [-0.2, -0.15) is 0 Å². The maximum atomic E-state index is 12.1. The zero-order chi connectivity index (χ0) is 19.9. The summed E-state index contributed by atoms with van der Waals surface area (Å²) in [5.74, 6) is 7.94. The molecule has 0 aliphatic rings. The molecule has 1 heterocycles. The number of nitrogens with zero attached hydrogens (tertiary/aromatic N) is 3. The smallest absolute Gasteiger partial charge is 0.221 e. The highest BCUT2D eigenvalue weighted by Crippen LogP contribution is 2.28. The number of ether oxygens (including phenoxy) is 1. The van der Waals surface area contributed by atoms with Crippen molar-refractivity contribution >= 4 is 33.6 Å². The summed E-state index contributed by atoms with van der Waals surface area (Å²) < 4.78 is 7.62. The molecule has 0 atom stereocenters. The first-order chi connectivity index (χ1) is 13.6. The Morgan fingerprint density at radius 1 is 1.21 bits per heavy atom. The Morgan fingerprint density at radius 3 is 2.75 bits per heavy atom. The normalized spacial score (nSPS) is 10.6. The van der Waals surface area contributed by atoms with Gasteiger partial charge in [0.25, 0.3) is 0 Å². The third kappa shape index (κ3) is 4.85. The molecule has 3 rings (SSSR count). The lowest BCUT2D eigenvalue weighted by Crippen LogP contribution is -2.23. The van der Waals surface area contributed by atoms with Gasteiger partial charge in [0.1, 0.15) is 5.75 Å². The van der Waals surface area contributed by atoms with Crippen LogP contribution in [0.25, 0.3) is 11.4 Å². The number of nitrogens with two attached hydrogens (primary N) is 1. The van der Waals surface area contributed by atoms with E-state index in [1.165, 1.54) is 16.4 Å². The fourth-order valence-corrected chi connectivity index (χ4v) is 3.82. The fourth-order valence-electron chi connectivity index (χ4n) is 2.57. The largest absolute Gasteiger partial charge is 0.496 e. The Bertz CT molecular complexity index is 963. The van der Waals surface area contributed by atoms with Crippen molar-refractivity contribution in [3.63, 3.8) is 0 Å². The topological polar surface area (TPSA) is 95.1 Å². The maximum Gasteiger partial charge on any atom is 0.221 e. The molecule has 1 aromatic heterocycles. The third-order valence-corrected chi connectivity index (χ3v) is 5.64. The van der Waals surface area contributed by atoms with E-state index in [-0.39, 0.29) is 5.91 Å². The van der Waals surface area contributed by atoms with Crippen LogP contribution in [0.3, 0.4) is 0 Å². The number of rotatable bonds is 8. The first-order valence-corrected chi connectivity index (χ1v) is 10.3. The summed E-state index contributed by atoms with van der Waals surface area (Å²) in [6.07, 6.45) is 0.344. The molecule has 28 heavy (non-hydrogen) atoms. The summed E-state index contributed by atoms with van der Waals surface area (Å²) in [4.78, 5) is 12.1. The molecule has 0 bridgehead atoms. The van der Waals surface area contributed by atoms with Gasteiger partial charge in [-0.3, -0.25) is 4.79 Å². The van der Waals surface area contributed by atoms with E-state index >= 15 is 0 Å². The standard InChI is InChI=1S/C19H20BrN5O2S/c1-27-16-9-5-2-6-13(16)12-22-17(26)10-11-28-19-24-23-18(25(19)21)14-7-3-4-8-15(14)20/h2-9H,10-12,21H2,1H3,(H,22,26). The van der Waals surface area contributed by atoms with Crippen molar-refractivity contribution in [1.29, 1.82) is 0 Å². The zero-order valence-electron chi connectivity index (χ0n) is 15.3. The van der Waals surface area contributed by atoms with Crippen LogP contribution in [-0.4, -0.2) is 33.6 Å². The van der Waals surface area contributed by atoms with Gasteiger partial charge in [0.2, 0.25) is 11.1 Å². The van der Waals surface area contributed by atoms with Crippen LogP contribution < -0.4 is 15.9 Å². The Morgan fingerprint density at radius 2 is 1.96 bits per heavy atom. The van der Waals surface area contributed by atoms with Crippen molar-refractivity contribution in [2.24, 2.45) is 0 Å². The summed E-state index contributed by atoms with van der Waals surface area (Å²) in [6, 6.07) is 15.3. The van der Waals surface area contributed by atoms with Crippen molar-refractivity contribution in [2.75, 3.05) is 18.7 Å². The Hall–Kier alpha value is -2.52. The number of aromatic nitrogens is 3. The molecule has 7 nitrogen and oxygen atoms in total. The van der Waals surface area contributed by atoms with Crippen molar-refractivity contribution < 1.29 is 9.53 Å². The number of hydrogen-bond acceptors (Lipinski definition) is 6. The first kappa shape index (κ1) is 20.2. The third-order valence-electron chi connectivity index (χ3n) is 4.01. The molecule has 0 aliphatic carbocycles. The number of thioether (sulfide) groups is 1. The summed E-state index contributed by atoms with van der Waals surface area (Å²) in [6.45, 7) is 0.423. The Kier molecular flexibility index (Phi) is 6.94. The number of carbonyl (C=O) groups is 1. The molecule has 0 unspecified atom stereocenters. The molecule has 146 valence electrons. The molecule has 0 saturated carbocycles. The second-order valence-corrected chi connectivity index (χ2v) is 7.76. The van der Waals surface area contributed by atoms with Crippen molar-refractivity contribution in [3.8, 4) is 17.1 Å². The number of methoxy groups -OCH3 is 1. The predicted molar refractivity (Wildman–Crippen MR) is 113 cm³/mol. The Labute approximate surface area is 175 Å². The van der Waals surface area contributed by atoms with E-state index in [1.54, 1.807) is 7.11 Å². The molecule has 0 radical (unpaired) electrons. The molecular formula is C19H20BrN5O2S. The predicted octanol–water partition coefficient (Wildman–Crippen LogP) is 3.23. The number of nitrogen functional groups attached to an aromatic ring is 1. The quantitative estimate of drug-likeness (QED) is 0.394. The number of halogens is 1. The maximum absolute atomic E-state index is 12.1. The number of benzene rings is 2. The van der Waals surface area contributed by atoms with E-state index in [0.29, 0.717) is 29.7 Å². The van der Waals surface area contributed by atoms with Gasteiger partial charge in [0, 0.05) is 34.3 Å². The molecule has 3 aromatic rings. The highest BCUT2D eigenvalue weighted by molar-refractivity contribution is 9.10. The highest BCUT2D eigenvalue weighted by Gasteiger charge is 2.14. The van der Waals surface area contributed by atoms with Crippen LogP contribution in [0.5, 0.6) is 5.75 Å². The molecular weight excluding hydrogens is 442 g/mol. The summed E-state index contributed by atoms with van der Waals surface area (Å²) in [5.41, 5.74) is 1.80. The van der Waals surface area contributed by atoms with E-state index in [1.807, 2.05) is 48.5 Å². The van der Waals surface area contributed by atoms with Crippen LogP contribution in [0.15, 0.2) is 58.2 Å². The van der Waals surface area contributed by atoms with Crippen LogP contribution in [0.1, 0.15) is 12.0 Å². The van der Waals surface area contributed by atoms with Gasteiger partial charge in [0.05, 0.1) is 7.11 Å².